The van der Waals surface area contributed by atoms with E-state index in [0.717, 1.165) is 26.8 Å². The summed E-state index contributed by atoms with van der Waals surface area (Å²) in [5.41, 5.74) is 1.99. The Morgan fingerprint density at radius 1 is 0.913 bits per heavy atom. The Morgan fingerprint density at radius 3 is 2.39 bits per heavy atom. The number of carboxylic acid groups (broad SMARTS) is 1. The number of hydrogen-bond acceptors (Lipinski definition) is 2. The average molecular weight is 303 g/mol. The summed E-state index contributed by atoms with van der Waals surface area (Å²) in [5.74, 6) is -0.999. The molecule has 1 aliphatic rings. The van der Waals surface area contributed by atoms with Crippen molar-refractivity contribution in [3.05, 3.63) is 77.9 Å². The number of anilines is 1. The predicted octanol–water partition coefficient (Wildman–Crippen LogP) is 4.00. The molecular weight excluding hydrogens is 290 g/mol. The Labute approximate surface area is 132 Å². The minimum atomic E-state index is -1.24. The van der Waals surface area contributed by atoms with Gasteiger partial charge in [-0.3, -0.25) is 4.79 Å². The molecule has 0 aromatic heterocycles. The van der Waals surface area contributed by atoms with Gasteiger partial charge in [-0.25, -0.2) is 9.69 Å². The maximum absolute atomic E-state index is 12.7. The van der Waals surface area contributed by atoms with Crippen molar-refractivity contribution in [3.63, 3.8) is 0 Å². The van der Waals surface area contributed by atoms with Gasteiger partial charge in [0.1, 0.15) is 0 Å². The third-order valence-corrected chi connectivity index (χ3v) is 4.25. The number of rotatable bonds is 1. The minimum Gasteiger partial charge on any atom is -0.464 e. The van der Waals surface area contributed by atoms with E-state index in [-0.39, 0.29) is 0 Å². The normalized spacial score (nSPS) is 16.6. The topological polar surface area (TPSA) is 57.6 Å². The van der Waals surface area contributed by atoms with Crippen LogP contribution in [0.25, 0.3) is 10.8 Å². The van der Waals surface area contributed by atoms with Crippen molar-refractivity contribution in [2.45, 2.75) is 5.92 Å². The molecule has 0 saturated heterocycles. The quantitative estimate of drug-likeness (QED) is 0.739. The van der Waals surface area contributed by atoms with Crippen LogP contribution in [0.5, 0.6) is 0 Å². The van der Waals surface area contributed by atoms with Gasteiger partial charge in [0, 0.05) is 0 Å². The van der Waals surface area contributed by atoms with Crippen LogP contribution >= 0.6 is 0 Å². The first-order valence-corrected chi connectivity index (χ1v) is 7.31. The molecule has 1 unspecified atom stereocenters. The molecule has 4 nitrogen and oxygen atoms in total. The number of carbonyl (C=O) groups is 2. The summed E-state index contributed by atoms with van der Waals surface area (Å²) in [4.78, 5) is 25.0. The van der Waals surface area contributed by atoms with E-state index >= 15 is 0 Å². The molecule has 0 saturated carbocycles. The lowest BCUT2D eigenvalue weighted by atomic mass is 9.91. The molecule has 0 radical (unpaired) electrons. The number of nitrogens with zero attached hydrogens (tertiary/aromatic N) is 1. The standard InChI is InChI=1S/C19H13NO3/c21-18-17(14-10-9-12-5-1-2-6-13(12)11-14)15-7-3-4-8-16(15)20(18)19(22)23/h1-11,17H,(H,22,23). The number of amides is 2. The van der Waals surface area contributed by atoms with Crippen molar-refractivity contribution >= 4 is 28.5 Å². The summed E-state index contributed by atoms with van der Waals surface area (Å²) in [6.45, 7) is 0. The molecule has 4 rings (SSSR count). The first-order valence-electron chi connectivity index (χ1n) is 7.31. The van der Waals surface area contributed by atoms with Crippen LogP contribution in [0, 0.1) is 0 Å². The second-order valence-corrected chi connectivity index (χ2v) is 5.55. The summed E-state index contributed by atoms with van der Waals surface area (Å²) in [6.07, 6.45) is -1.24. The number of hydrogen-bond donors (Lipinski definition) is 1. The highest BCUT2D eigenvalue weighted by Gasteiger charge is 2.41. The van der Waals surface area contributed by atoms with Crippen LogP contribution in [0.1, 0.15) is 17.0 Å². The number of imide groups is 1. The highest BCUT2D eigenvalue weighted by atomic mass is 16.4. The van der Waals surface area contributed by atoms with Crippen molar-refractivity contribution < 1.29 is 14.7 Å². The van der Waals surface area contributed by atoms with Gasteiger partial charge in [0.15, 0.2) is 0 Å². The molecule has 1 heterocycles. The van der Waals surface area contributed by atoms with E-state index in [2.05, 4.69) is 0 Å². The van der Waals surface area contributed by atoms with Crippen molar-refractivity contribution in [2.75, 3.05) is 4.90 Å². The highest BCUT2D eigenvalue weighted by molar-refractivity contribution is 6.19. The van der Waals surface area contributed by atoms with Gasteiger partial charge in [-0.15, -0.1) is 0 Å². The molecule has 0 spiro atoms. The first-order chi connectivity index (χ1) is 11.2. The van der Waals surface area contributed by atoms with Crippen LogP contribution in [0.4, 0.5) is 10.5 Å². The maximum atomic E-state index is 12.7. The Balaban J connectivity index is 1.90. The fourth-order valence-electron chi connectivity index (χ4n) is 3.22. The highest BCUT2D eigenvalue weighted by Crippen LogP contribution is 2.41. The molecule has 0 fully saturated rings. The molecule has 0 bridgehead atoms. The Bertz CT molecular complexity index is 948. The molecule has 0 aliphatic carbocycles. The van der Waals surface area contributed by atoms with Crippen molar-refractivity contribution in [1.29, 1.82) is 0 Å². The van der Waals surface area contributed by atoms with Crippen LogP contribution in [-0.2, 0) is 4.79 Å². The van der Waals surface area contributed by atoms with E-state index in [1.165, 1.54) is 0 Å². The van der Waals surface area contributed by atoms with Gasteiger partial charge in [0.05, 0.1) is 11.6 Å². The SMILES string of the molecule is O=C(O)N1C(=O)C(c2ccc3ccccc3c2)c2ccccc21. The van der Waals surface area contributed by atoms with Gasteiger partial charge in [-0.1, -0.05) is 60.7 Å². The Hall–Kier alpha value is -3.14. The number of para-hydroxylation sites is 1. The molecule has 1 atom stereocenters. The monoisotopic (exact) mass is 303 g/mol. The summed E-state index contributed by atoms with van der Waals surface area (Å²) in [7, 11) is 0. The second kappa shape index (κ2) is 4.95. The van der Waals surface area contributed by atoms with Crippen molar-refractivity contribution in [3.8, 4) is 0 Å². The molecule has 112 valence electrons. The second-order valence-electron chi connectivity index (χ2n) is 5.55. The van der Waals surface area contributed by atoms with Gasteiger partial charge >= 0.3 is 6.09 Å². The number of benzene rings is 3. The summed E-state index contributed by atoms with van der Waals surface area (Å²) >= 11 is 0. The Kier molecular flexibility index (Phi) is 2.91. The van der Waals surface area contributed by atoms with Gasteiger partial charge in [0.25, 0.3) is 0 Å². The third-order valence-electron chi connectivity index (χ3n) is 4.25. The summed E-state index contributed by atoms with van der Waals surface area (Å²) in [5, 5.41) is 11.5. The number of fused-ring (bicyclic) bond motifs is 2. The van der Waals surface area contributed by atoms with Gasteiger partial charge in [0.2, 0.25) is 5.91 Å². The number of carbonyl (C=O) groups excluding carboxylic acids is 1. The van der Waals surface area contributed by atoms with Crippen molar-refractivity contribution in [2.24, 2.45) is 0 Å². The molecular formula is C19H13NO3. The molecule has 23 heavy (non-hydrogen) atoms. The lowest BCUT2D eigenvalue weighted by molar-refractivity contribution is -0.118. The fraction of sp³-hybridized carbons (Fsp3) is 0.0526. The maximum Gasteiger partial charge on any atom is 0.418 e. The molecule has 3 aromatic carbocycles. The molecule has 3 aromatic rings. The van der Waals surface area contributed by atoms with E-state index in [1.807, 2.05) is 54.6 Å². The zero-order valence-corrected chi connectivity index (χ0v) is 12.1. The van der Waals surface area contributed by atoms with Crippen LogP contribution in [0.3, 0.4) is 0 Å². The van der Waals surface area contributed by atoms with Gasteiger partial charge in [-0.2, -0.15) is 0 Å². The van der Waals surface area contributed by atoms with Gasteiger partial charge < -0.3 is 5.11 Å². The largest absolute Gasteiger partial charge is 0.464 e. The van der Waals surface area contributed by atoms with E-state index in [4.69, 9.17) is 0 Å². The smallest absolute Gasteiger partial charge is 0.418 e. The lowest BCUT2D eigenvalue weighted by Crippen LogP contribution is -2.33. The van der Waals surface area contributed by atoms with Crippen LogP contribution < -0.4 is 4.90 Å². The molecule has 1 N–H and O–H groups in total. The lowest BCUT2D eigenvalue weighted by Gasteiger charge is -2.12. The summed E-state index contributed by atoms with van der Waals surface area (Å²) < 4.78 is 0. The zero-order chi connectivity index (χ0) is 16.0. The molecule has 2 amide bonds. The van der Waals surface area contributed by atoms with E-state index in [1.54, 1.807) is 12.1 Å². The third kappa shape index (κ3) is 1.99. The molecule has 1 aliphatic heterocycles. The van der Waals surface area contributed by atoms with Crippen molar-refractivity contribution in [1.82, 2.24) is 0 Å². The van der Waals surface area contributed by atoms with Gasteiger partial charge in [-0.05, 0) is 28.0 Å². The van der Waals surface area contributed by atoms with E-state index in [9.17, 15) is 14.7 Å². The van der Waals surface area contributed by atoms with Crippen LogP contribution in [0.15, 0.2) is 66.7 Å². The van der Waals surface area contributed by atoms with E-state index < -0.39 is 17.9 Å². The zero-order valence-electron chi connectivity index (χ0n) is 12.1. The predicted molar refractivity (Wildman–Crippen MR) is 87.7 cm³/mol. The van der Waals surface area contributed by atoms with Crippen LogP contribution in [-0.4, -0.2) is 17.1 Å². The fourth-order valence-corrected chi connectivity index (χ4v) is 3.22. The van der Waals surface area contributed by atoms with E-state index in [0.29, 0.717) is 5.69 Å². The molecule has 4 heteroatoms. The van der Waals surface area contributed by atoms with Crippen LogP contribution in [0.2, 0.25) is 0 Å². The minimum absolute atomic E-state index is 0.422. The first kappa shape index (κ1) is 13.5. The summed E-state index contributed by atoms with van der Waals surface area (Å²) in [6, 6.07) is 20.8. The Morgan fingerprint density at radius 2 is 1.61 bits per heavy atom. The average Bonchev–Trinajstić information content (AvgIpc) is 2.86.